The van der Waals surface area contributed by atoms with Gasteiger partial charge in [-0.2, -0.15) is 13.2 Å². The lowest BCUT2D eigenvalue weighted by Gasteiger charge is -2.17. The van der Waals surface area contributed by atoms with E-state index in [-0.39, 0.29) is 35.7 Å². The van der Waals surface area contributed by atoms with E-state index in [1.165, 1.54) is 11.8 Å². The molecule has 0 radical (unpaired) electrons. The molecule has 2 rings (SSSR count). The fourth-order valence-electron chi connectivity index (χ4n) is 2.09. The van der Waals surface area contributed by atoms with E-state index >= 15 is 0 Å². The molecule has 1 saturated heterocycles. The molecule has 0 spiro atoms. The largest absolute Gasteiger partial charge is 0.416 e. The molecule has 1 aromatic rings. The van der Waals surface area contributed by atoms with Gasteiger partial charge >= 0.3 is 6.18 Å². The van der Waals surface area contributed by atoms with Gasteiger partial charge < -0.3 is 0 Å². The average molecular weight is 318 g/mol. The lowest BCUT2D eigenvalue weighted by Crippen LogP contribution is -2.26. The molecule has 1 amide bonds. The molecule has 0 N–H and O–H groups in total. The molecule has 0 bridgehead atoms. The van der Waals surface area contributed by atoms with E-state index in [2.05, 4.69) is 4.98 Å². The highest BCUT2D eigenvalue weighted by Crippen LogP contribution is 2.32. The zero-order chi connectivity index (χ0) is 15.6. The van der Waals surface area contributed by atoms with Gasteiger partial charge in [0.15, 0.2) is 5.12 Å². The lowest BCUT2D eigenvalue weighted by atomic mass is 10.1. The molecule has 114 valence electrons. The summed E-state index contributed by atoms with van der Waals surface area (Å²) in [5.41, 5.74) is -0.832. The lowest BCUT2D eigenvalue weighted by molar-refractivity contribution is -0.137. The van der Waals surface area contributed by atoms with Crippen LogP contribution in [0.25, 0.3) is 0 Å². The Kier molecular flexibility index (Phi) is 4.55. The monoisotopic (exact) mass is 318 g/mol. The van der Waals surface area contributed by atoms with Crippen LogP contribution in [0.1, 0.15) is 18.9 Å². The van der Waals surface area contributed by atoms with Gasteiger partial charge in [-0.15, -0.1) is 0 Å². The van der Waals surface area contributed by atoms with Gasteiger partial charge in [0.05, 0.1) is 5.56 Å². The number of halogens is 3. The number of pyridine rings is 1. The number of hydrogen-bond acceptors (Lipinski definition) is 4. The Morgan fingerprint density at radius 1 is 1.52 bits per heavy atom. The van der Waals surface area contributed by atoms with Crippen molar-refractivity contribution in [2.75, 3.05) is 17.2 Å². The van der Waals surface area contributed by atoms with E-state index in [1.54, 1.807) is 0 Å². The van der Waals surface area contributed by atoms with Gasteiger partial charge in [0.25, 0.3) is 0 Å². The van der Waals surface area contributed by atoms with Crippen molar-refractivity contribution in [2.24, 2.45) is 5.92 Å². The van der Waals surface area contributed by atoms with Crippen molar-refractivity contribution in [3.63, 3.8) is 0 Å². The summed E-state index contributed by atoms with van der Waals surface area (Å²) in [6.45, 7) is 1.72. The number of amides is 1. The fourth-order valence-corrected chi connectivity index (χ4v) is 2.79. The molecule has 21 heavy (non-hydrogen) atoms. The minimum atomic E-state index is -4.47. The maximum absolute atomic E-state index is 12.7. The zero-order valence-electron chi connectivity index (χ0n) is 11.2. The van der Waals surface area contributed by atoms with Crippen molar-refractivity contribution in [3.05, 3.63) is 23.9 Å². The molecule has 1 aliphatic rings. The maximum atomic E-state index is 12.7. The summed E-state index contributed by atoms with van der Waals surface area (Å²) in [6.07, 6.45) is -3.20. The Labute approximate surface area is 123 Å². The number of hydrogen-bond donors (Lipinski definition) is 0. The third-order valence-corrected chi connectivity index (χ3v) is 4.12. The van der Waals surface area contributed by atoms with E-state index in [9.17, 15) is 22.8 Å². The van der Waals surface area contributed by atoms with Crippen molar-refractivity contribution in [2.45, 2.75) is 19.5 Å². The van der Waals surface area contributed by atoms with E-state index in [4.69, 9.17) is 0 Å². The van der Waals surface area contributed by atoms with Crippen molar-refractivity contribution in [3.8, 4) is 0 Å². The first-order chi connectivity index (χ1) is 9.77. The zero-order valence-corrected chi connectivity index (χ0v) is 12.0. The van der Waals surface area contributed by atoms with Crippen molar-refractivity contribution in [1.29, 1.82) is 0 Å². The van der Waals surface area contributed by atoms with Crippen LogP contribution in [0, 0.1) is 5.92 Å². The molecule has 1 fully saturated rings. The summed E-state index contributed by atoms with van der Waals surface area (Å²) in [5, 5.41) is -0.0434. The van der Waals surface area contributed by atoms with Crippen LogP contribution in [0.5, 0.6) is 0 Å². The van der Waals surface area contributed by atoms with Crippen molar-refractivity contribution in [1.82, 2.24) is 4.98 Å². The SMILES string of the molecule is CC(=O)SCC1CC(=O)N(c2cc(C(F)(F)F)ccn2)C1. The fraction of sp³-hybridized carbons (Fsp3) is 0.462. The van der Waals surface area contributed by atoms with Crippen LogP contribution in [0.15, 0.2) is 18.3 Å². The van der Waals surface area contributed by atoms with Crippen molar-refractivity contribution >= 4 is 28.6 Å². The second-order valence-electron chi connectivity index (χ2n) is 4.78. The van der Waals surface area contributed by atoms with E-state index < -0.39 is 11.7 Å². The highest BCUT2D eigenvalue weighted by molar-refractivity contribution is 8.13. The minimum Gasteiger partial charge on any atom is -0.296 e. The third kappa shape index (κ3) is 3.96. The Bertz CT molecular complexity index is 563. The predicted molar refractivity (Wildman–Crippen MR) is 72.8 cm³/mol. The van der Waals surface area contributed by atoms with Gasteiger partial charge in [-0.1, -0.05) is 11.8 Å². The number of rotatable bonds is 3. The van der Waals surface area contributed by atoms with Gasteiger partial charge in [0, 0.05) is 31.8 Å². The first kappa shape index (κ1) is 15.8. The summed E-state index contributed by atoms with van der Waals surface area (Å²) in [6, 6.07) is 1.74. The Morgan fingerprint density at radius 2 is 2.24 bits per heavy atom. The first-order valence-electron chi connectivity index (χ1n) is 6.24. The summed E-state index contributed by atoms with van der Waals surface area (Å²) in [5.74, 6) is 0.167. The quantitative estimate of drug-likeness (QED) is 0.860. The Morgan fingerprint density at radius 3 is 2.86 bits per heavy atom. The highest BCUT2D eigenvalue weighted by atomic mass is 32.2. The van der Waals surface area contributed by atoms with E-state index in [0.717, 1.165) is 30.1 Å². The topological polar surface area (TPSA) is 50.3 Å². The second kappa shape index (κ2) is 6.05. The molecular formula is C13H13F3N2O2S. The number of aromatic nitrogens is 1. The molecule has 1 aliphatic heterocycles. The van der Waals surface area contributed by atoms with Gasteiger partial charge in [0.2, 0.25) is 5.91 Å². The molecule has 0 saturated carbocycles. The molecule has 0 aliphatic carbocycles. The van der Waals surface area contributed by atoms with Crippen LogP contribution >= 0.6 is 11.8 Å². The van der Waals surface area contributed by atoms with Crippen LogP contribution < -0.4 is 4.90 Å². The van der Waals surface area contributed by atoms with Crippen LogP contribution in [-0.4, -0.2) is 28.3 Å². The summed E-state index contributed by atoms with van der Waals surface area (Å²) >= 11 is 1.12. The molecule has 1 aromatic heterocycles. The number of nitrogens with zero attached hydrogens (tertiary/aromatic N) is 2. The summed E-state index contributed by atoms with van der Waals surface area (Å²) in [7, 11) is 0. The van der Waals surface area contributed by atoms with Crippen LogP contribution in [0.4, 0.5) is 19.0 Å². The molecule has 2 heterocycles. The number of carbonyl (C=O) groups excluding carboxylic acids is 2. The normalized spacial score (nSPS) is 19.1. The predicted octanol–water partition coefficient (Wildman–Crippen LogP) is 2.73. The highest BCUT2D eigenvalue weighted by Gasteiger charge is 2.34. The van der Waals surface area contributed by atoms with Crippen LogP contribution in [-0.2, 0) is 15.8 Å². The smallest absolute Gasteiger partial charge is 0.296 e. The average Bonchev–Trinajstić information content (AvgIpc) is 2.77. The number of thioether (sulfide) groups is 1. The van der Waals surface area contributed by atoms with E-state index in [0.29, 0.717) is 5.75 Å². The van der Waals surface area contributed by atoms with Gasteiger partial charge in [-0.25, -0.2) is 4.98 Å². The Balaban J connectivity index is 2.12. The van der Waals surface area contributed by atoms with E-state index in [1.807, 2.05) is 0 Å². The number of alkyl halides is 3. The third-order valence-electron chi connectivity index (χ3n) is 3.08. The second-order valence-corrected chi connectivity index (χ2v) is 5.97. The Hall–Kier alpha value is -1.57. The standard InChI is InChI=1S/C13H13F3N2O2S/c1-8(19)21-7-9-4-12(20)18(6-9)11-5-10(2-3-17-11)13(14,15)16/h2-3,5,9H,4,6-7H2,1H3. The van der Waals surface area contributed by atoms with Gasteiger partial charge in [0.1, 0.15) is 5.82 Å². The molecule has 4 nitrogen and oxygen atoms in total. The van der Waals surface area contributed by atoms with Crippen LogP contribution in [0.2, 0.25) is 0 Å². The van der Waals surface area contributed by atoms with Crippen LogP contribution in [0.3, 0.4) is 0 Å². The molecule has 1 unspecified atom stereocenters. The summed E-state index contributed by atoms with van der Waals surface area (Å²) in [4.78, 5) is 27.9. The van der Waals surface area contributed by atoms with Gasteiger partial charge in [-0.3, -0.25) is 14.5 Å². The first-order valence-corrected chi connectivity index (χ1v) is 7.23. The molecule has 0 aromatic carbocycles. The molecule has 1 atom stereocenters. The molecule has 8 heteroatoms. The van der Waals surface area contributed by atoms with Gasteiger partial charge in [-0.05, 0) is 18.1 Å². The summed E-state index contributed by atoms with van der Waals surface area (Å²) < 4.78 is 38.0. The number of carbonyl (C=O) groups is 2. The maximum Gasteiger partial charge on any atom is 0.416 e. The number of anilines is 1. The molecular weight excluding hydrogens is 305 g/mol. The minimum absolute atomic E-state index is 0.00477. The van der Waals surface area contributed by atoms with Crippen molar-refractivity contribution < 1.29 is 22.8 Å².